The second-order valence-corrected chi connectivity index (χ2v) is 8.99. The number of carbonyl (C=O) groups is 2. The molecule has 0 saturated carbocycles. The van der Waals surface area contributed by atoms with Crippen molar-refractivity contribution in [1.82, 2.24) is 14.0 Å². The molecule has 0 aliphatic rings. The van der Waals surface area contributed by atoms with Crippen LogP contribution in [-0.4, -0.2) is 52.8 Å². The lowest BCUT2D eigenvalue weighted by Crippen LogP contribution is -2.33. The van der Waals surface area contributed by atoms with Gasteiger partial charge in [-0.25, -0.2) is 9.78 Å². The monoisotopic (exact) mass is 540 g/mol. The molecule has 0 saturated heterocycles. The largest absolute Gasteiger partial charge is 0.484 e. The first kappa shape index (κ1) is 26.8. The van der Waals surface area contributed by atoms with Gasteiger partial charge in [0.25, 0.3) is 11.5 Å². The van der Waals surface area contributed by atoms with Gasteiger partial charge < -0.3 is 18.8 Å². The molecule has 0 atom stereocenters. The Bertz CT molecular complexity index is 1860. The number of carbonyl (C=O) groups excluding carboxylic acids is 2. The molecule has 0 spiro atoms. The number of esters is 1. The van der Waals surface area contributed by atoms with E-state index >= 15 is 0 Å². The van der Waals surface area contributed by atoms with Gasteiger partial charge in [-0.2, -0.15) is 4.99 Å². The van der Waals surface area contributed by atoms with Crippen LogP contribution < -0.4 is 15.8 Å². The first-order valence-corrected chi connectivity index (χ1v) is 12.9. The maximum absolute atomic E-state index is 13.4. The summed E-state index contributed by atoms with van der Waals surface area (Å²) in [4.78, 5) is 48.5. The molecular weight excluding hydrogens is 512 g/mol. The number of rotatable bonds is 9. The molecule has 3 aromatic heterocycles. The van der Waals surface area contributed by atoms with Crippen molar-refractivity contribution in [1.29, 1.82) is 0 Å². The van der Waals surface area contributed by atoms with Crippen LogP contribution in [0.25, 0.3) is 27.5 Å². The summed E-state index contributed by atoms with van der Waals surface area (Å²) >= 11 is 0. The molecule has 0 aliphatic carbocycles. The smallest absolute Gasteiger partial charge is 0.341 e. The average Bonchev–Trinajstić information content (AvgIpc) is 2.97. The van der Waals surface area contributed by atoms with Crippen LogP contribution in [0.3, 0.4) is 0 Å². The number of aromatic nitrogens is 3. The number of methoxy groups -OCH3 is 1. The molecule has 40 heavy (non-hydrogen) atoms. The van der Waals surface area contributed by atoms with Gasteiger partial charge in [-0.3, -0.25) is 14.0 Å². The molecule has 5 rings (SSSR count). The molecular formula is C30H28N4O6. The maximum atomic E-state index is 13.4. The summed E-state index contributed by atoms with van der Waals surface area (Å²) in [5.74, 6) is -0.805. The zero-order chi connectivity index (χ0) is 28.1. The van der Waals surface area contributed by atoms with Crippen molar-refractivity contribution in [3.05, 3.63) is 94.3 Å². The number of fused-ring (bicyclic) bond motifs is 3. The molecule has 0 aliphatic heterocycles. The van der Waals surface area contributed by atoms with Crippen molar-refractivity contribution in [3.63, 3.8) is 0 Å². The van der Waals surface area contributed by atoms with E-state index in [2.05, 4.69) is 9.98 Å². The number of benzene rings is 2. The third-order valence-electron chi connectivity index (χ3n) is 6.33. The van der Waals surface area contributed by atoms with Gasteiger partial charge in [0.1, 0.15) is 22.6 Å². The van der Waals surface area contributed by atoms with E-state index in [1.165, 1.54) is 10.5 Å². The summed E-state index contributed by atoms with van der Waals surface area (Å²) in [7, 11) is 1.58. The third kappa shape index (κ3) is 5.48. The van der Waals surface area contributed by atoms with Gasteiger partial charge in [0, 0.05) is 26.5 Å². The van der Waals surface area contributed by atoms with Gasteiger partial charge in [-0.15, -0.1) is 0 Å². The molecule has 3 heterocycles. The highest BCUT2D eigenvalue weighted by Gasteiger charge is 2.20. The minimum absolute atomic E-state index is 0.0133. The van der Waals surface area contributed by atoms with Crippen LogP contribution in [0.5, 0.6) is 5.75 Å². The summed E-state index contributed by atoms with van der Waals surface area (Å²) < 4.78 is 19.2. The van der Waals surface area contributed by atoms with E-state index in [0.29, 0.717) is 30.1 Å². The summed E-state index contributed by atoms with van der Waals surface area (Å²) in [6.45, 7) is 2.11. The SMILES string of the molecule is CCOC(=O)c1cc2c(=O)n3ccccc3nc2n(CCCOC)c1=NC(=O)COc1ccc2ccccc2c1. The second kappa shape index (κ2) is 11.9. The van der Waals surface area contributed by atoms with E-state index < -0.39 is 11.9 Å². The van der Waals surface area contributed by atoms with Gasteiger partial charge in [0.2, 0.25) is 0 Å². The van der Waals surface area contributed by atoms with Crippen molar-refractivity contribution in [2.45, 2.75) is 19.9 Å². The Kier molecular flexibility index (Phi) is 7.97. The van der Waals surface area contributed by atoms with Crippen molar-refractivity contribution >= 4 is 39.3 Å². The average molecular weight is 541 g/mol. The van der Waals surface area contributed by atoms with Crippen LogP contribution in [-0.2, 0) is 20.8 Å². The van der Waals surface area contributed by atoms with Crippen molar-refractivity contribution < 1.29 is 23.8 Å². The Morgan fingerprint density at radius 1 is 1.00 bits per heavy atom. The predicted octanol–water partition coefficient (Wildman–Crippen LogP) is 3.52. The molecule has 0 bridgehead atoms. The lowest BCUT2D eigenvalue weighted by atomic mass is 10.1. The fourth-order valence-corrected chi connectivity index (χ4v) is 4.49. The number of nitrogens with zero attached hydrogens (tertiary/aromatic N) is 4. The molecule has 2 aromatic carbocycles. The molecule has 0 radical (unpaired) electrons. The van der Waals surface area contributed by atoms with E-state index in [1.807, 2.05) is 36.4 Å². The van der Waals surface area contributed by atoms with Gasteiger partial charge in [-0.05, 0) is 54.4 Å². The van der Waals surface area contributed by atoms with Crippen molar-refractivity contribution in [2.24, 2.45) is 4.99 Å². The lowest BCUT2D eigenvalue weighted by molar-refractivity contribution is -0.120. The van der Waals surface area contributed by atoms with Gasteiger partial charge in [0.15, 0.2) is 12.1 Å². The summed E-state index contributed by atoms with van der Waals surface area (Å²) in [6.07, 6.45) is 2.12. The Morgan fingerprint density at radius 2 is 1.80 bits per heavy atom. The van der Waals surface area contributed by atoms with E-state index in [0.717, 1.165) is 10.8 Å². The van der Waals surface area contributed by atoms with Crippen LogP contribution in [0.4, 0.5) is 0 Å². The molecule has 10 heteroatoms. The standard InChI is InChI=1S/C30H28N4O6/c1-3-39-30(37)24-18-23-27(31-25-11-6-7-14-33(25)29(23)36)34(15-8-16-38-2)28(24)32-26(35)19-40-22-13-12-20-9-4-5-10-21(20)17-22/h4-7,9-14,17-18H,3,8,15-16,19H2,1-2H3. The summed E-state index contributed by atoms with van der Waals surface area (Å²) in [5, 5.41) is 2.22. The number of pyridine rings is 2. The highest BCUT2D eigenvalue weighted by molar-refractivity contribution is 5.94. The van der Waals surface area contributed by atoms with E-state index in [9.17, 15) is 14.4 Å². The summed E-state index contributed by atoms with van der Waals surface area (Å²) in [6, 6.07) is 19.9. The highest BCUT2D eigenvalue weighted by atomic mass is 16.5. The predicted molar refractivity (Wildman–Crippen MR) is 149 cm³/mol. The number of aryl methyl sites for hydroxylation is 1. The second-order valence-electron chi connectivity index (χ2n) is 8.99. The van der Waals surface area contributed by atoms with Crippen LogP contribution in [0, 0.1) is 0 Å². The van der Waals surface area contributed by atoms with Gasteiger partial charge in [-0.1, -0.05) is 36.4 Å². The molecule has 10 nitrogen and oxygen atoms in total. The van der Waals surface area contributed by atoms with E-state index in [1.54, 1.807) is 49.1 Å². The third-order valence-corrected chi connectivity index (χ3v) is 6.33. The first-order chi connectivity index (χ1) is 19.5. The van der Waals surface area contributed by atoms with Crippen molar-refractivity contribution in [3.8, 4) is 5.75 Å². The van der Waals surface area contributed by atoms with Gasteiger partial charge in [0.05, 0.1) is 12.0 Å². The normalized spacial score (nSPS) is 11.8. The number of ether oxygens (including phenoxy) is 3. The summed E-state index contributed by atoms with van der Waals surface area (Å²) in [5.41, 5.74) is 0.384. The Balaban J connectivity index is 1.63. The van der Waals surface area contributed by atoms with E-state index in [4.69, 9.17) is 14.2 Å². The highest BCUT2D eigenvalue weighted by Crippen LogP contribution is 2.20. The van der Waals surface area contributed by atoms with Crippen LogP contribution in [0.2, 0.25) is 0 Å². The Morgan fingerprint density at radius 3 is 2.60 bits per heavy atom. The number of hydrogen-bond acceptors (Lipinski definition) is 7. The molecule has 5 aromatic rings. The molecule has 0 unspecified atom stereocenters. The maximum Gasteiger partial charge on any atom is 0.341 e. The molecule has 204 valence electrons. The van der Waals surface area contributed by atoms with Crippen LogP contribution in [0.1, 0.15) is 23.7 Å². The zero-order valence-corrected chi connectivity index (χ0v) is 22.2. The van der Waals surface area contributed by atoms with Crippen LogP contribution in [0.15, 0.2) is 82.7 Å². The minimum atomic E-state index is -0.704. The van der Waals surface area contributed by atoms with Gasteiger partial charge >= 0.3 is 5.97 Å². The number of hydrogen-bond donors (Lipinski definition) is 0. The minimum Gasteiger partial charge on any atom is -0.484 e. The van der Waals surface area contributed by atoms with E-state index in [-0.39, 0.29) is 41.8 Å². The molecule has 1 amide bonds. The Hall–Kier alpha value is -4.83. The first-order valence-electron chi connectivity index (χ1n) is 12.9. The van der Waals surface area contributed by atoms with Crippen molar-refractivity contribution in [2.75, 3.05) is 26.9 Å². The lowest BCUT2D eigenvalue weighted by Gasteiger charge is -2.15. The zero-order valence-electron chi connectivity index (χ0n) is 22.2. The number of amides is 1. The fourth-order valence-electron chi connectivity index (χ4n) is 4.49. The quantitative estimate of drug-likeness (QED) is 0.160. The topological polar surface area (TPSA) is 113 Å². The van der Waals surface area contributed by atoms with Crippen LogP contribution >= 0.6 is 0 Å². The molecule has 0 N–H and O–H groups in total. The molecule has 0 fully saturated rings. The fraction of sp³-hybridized carbons (Fsp3) is 0.233. The Labute approximate surface area is 229 Å².